The van der Waals surface area contributed by atoms with Gasteiger partial charge in [0.15, 0.2) is 0 Å². The van der Waals surface area contributed by atoms with Gasteiger partial charge < -0.3 is 10.2 Å². The van der Waals surface area contributed by atoms with Gasteiger partial charge in [-0.2, -0.15) is 0 Å². The molecule has 0 aliphatic carbocycles. The Morgan fingerprint density at radius 2 is 2.05 bits per heavy atom. The lowest BCUT2D eigenvalue weighted by molar-refractivity contribution is 0.480. The number of anilines is 1. The number of rotatable bonds is 6. The molecule has 0 amide bonds. The van der Waals surface area contributed by atoms with Gasteiger partial charge in [-0.15, -0.1) is 0 Å². The van der Waals surface area contributed by atoms with Crippen molar-refractivity contribution in [3.8, 4) is 0 Å². The Bertz CT molecular complexity index is 375. The van der Waals surface area contributed by atoms with Gasteiger partial charge in [0.1, 0.15) is 5.82 Å². The first kappa shape index (κ1) is 14.3. The number of hydrogen-bond donors (Lipinski definition) is 1. The predicted octanol–water partition coefficient (Wildman–Crippen LogP) is 3.29. The van der Waals surface area contributed by atoms with Crippen molar-refractivity contribution in [1.29, 1.82) is 0 Å². The van der Waals surface area contributed by atoms with Crippen LogP contribution in [0.1, 0.15) is 26.7 Å². The van der Waals surface area contributed by atoms with Gasteiger partial charge in [-0.05, 0) is 62.0 Å². The summed E-state index contributed by atoms with van der Waals surface area (Å²) in [5.41, 5.74) is 1.14. The summed E-state index contributed by atoms with van der Waals surface area (Å²) in [6, 6.07) is 6.85. The van der Waals surface area contributed by atoms with Crippen LogP contribution in [0.2, 0.25) is 0 Å². The summed E-state index contributed by atoms with van der Waals surface area (Å²) in [6.45, 7) is 8.90. The van der Waals surface area contributed by atoms with Crippen LogP contribution in [0.25, 0.3) is 0 Å². The largest absolute Gasteiger partial charge is 0.371 e. The van der Waals surface area contributed by atoms with Crippen molar-refractivity contribution in [2.75, 3.05) is 31.1 Å². The van der Waals surface area contributed by atoms with E-state index in [1.807, 2.05) is 12.1 Å². The molecule has 2 rings (SSSR count). The van der Waals surface area contributed by atoms with E-state index in [-0.39, 0.29) is 5.82 Å². The molecule has 1 aromatic carbocycles. The van der Waals surface area contributed by atoms with Crippen LogP contribution in [0.4, 0.5) is 10.1 Å². The van der Waals surface area contributed by atoms with E-state index in [1.165, 1.54) is 12.8 Å². The topological polar surface area (TPSA) is 15.3 Å². The van der Waals surface area contributed by atoms with Crippen molar-refractivity contribution in [3.05, 3.63) is 30.1 Å². The Balaban J connectivity index is 1.72. The minimum absolute atomic E-state index is 0.158. The smallest absolute Gasteiger partial charge is 0.123 e. The molecule has 1 N–H and O–H groups in total. The maximum atomic E-state index is 12.9. The first-order chi connectivity index (χ1) is 9.15. The van der Waals surface area contributed by atoms with Crippen molar-refractivity contribution in [2.45, 2.75) is 26.7 Å². The van der Waals surface area contributed by atoms with Crippen LogP contribution < -0.4 is 10.2 Å². The van der Waals surface area contributed by atoms with E-state index in [2.05, 4.69) is 24.1 Å². The molecule has 106 valence electrons. The molecular formula is C16H25FN2. The van der Waals surface area contributed by atoms with Gasteiger partial charge in [-0.3, -0.25) is 0 Å². The number of benzene rings is 1. The van der Waals surface area contributed by atoms with Gasteiger partial charge in [0.05, 0.1) is 0 Å². The highest BCUT2D eigenvalue weighted by atomic mass is 19.1. The summed E-state index contributed by atoms with van der Waals surface area (Å²) in [6.07, 6.45) is 2.47. The third-order valence-electron chi connectivity index (χ3n) is 3.81. The van der Waals surface area contributed by atoms with Crippen LogP contribution in [-0.4, -0.2) is 26.2 Å². The highest BCUT2D eigenvalue weighted by Gasteiger charge is 2.22. The lowest BCUT2D eigenvalue weighted by Gasteiger charge is -2.19. The van der Waals surface area contributed by atoms with Crippen molar-refractivity contribution >= 4 is 5.69 Å². The third-order valence-corrected chi connectivity index (χ3v) is 3.81. The van der Waals surface area contributed by atoms with Crippen molar-refractivity contribution in [1.82, 2.24) is 5.32 Å². The standard InChI is InChI=1S/C16H25FN2/c1-13(2)7-9-18-11-14-8-10-19(12-14)16-5-3-15(17)4-6-16/h3-6,13-14,18H,7-12H2,1-2H3. The molecule has 19 heavy (non-hydrogen) atoms. The first-order valence-corrected chi connectivity index (χ1v) is 7.36. The van der Waals surface area contributed by atoms with Crippen LogP contribution in [0.15, 0.2) is 24.3 Å². The van der Waals surface area contributed by atoms with E-state index in [9.17, 15) is 4.39 Å². The highest BCUT2D eigenvalue weighted by molar-refractivity contribution is 5.47. The second kappa shape index (κ2) is 6.90. The van der Waals surface area contributed by atoms with E-state index in [4.69, 9.17) is 0 Å². The van der Waals surface area contributed by atoms with Crippen LogP contribution in [0.5, 0.6) is 0 Å². The Labute approximate surface area is 116 Å². The van der Waals surface area contributed by atoms with Crippen LogP contribution in [-0.2, 0) is 0 Å². The van der Waals surface area contributed by atoms with Crippen LogP contribution in [0, 0.1) is 17.7 Å². The first-order valence-electron chi connectivity index (χ1n) is 7.36. The fraction of sp³-hybridized carbons (Fsp3) is 0.625. The SMILES string of the molecule is CC(C)CCNCC1CCN(c2ccc(F)cc2)C1. The molecule has 0 spiro atoms. The summed E-state index contributed by atoms with van der Waals surface area (Å²) in [5, 5.41) is 3.55. The number of nitrogens with zero attached hydrogens (tertiary/aromatic N) is 1. The van der Waals surface area contributed by atoms with E-state index in [0.29, 0.717) is 0 Å². The quantitative estimate of drug-likeness (QED) is 0.793. The van der Waals surface area contributed by atoms with Gasteiger partial charge in [0.25, 0.3) is 0 Å². The molecule has 0 saturated carbocycles. The normalized spacial score (nSPS) is 19.4. The van der Waals surface area contributed by atoms with Crippen LogP contribution >= 0.6 is 0 Å². The summed E-state index contributed by atoms with van der Waals surface area (Å²) >= 11 is 0. The summed E-state index contributed by atoms with van der Waals surface area (Å²) in [5.74, 6) is 1.33. The Morgan fingerprint density at radius 3 is 2.74 bits per heavy atom. The van der Waals surface area contributed by atoms with Gasteiger partial charge in [0, 0.05) is 18.8 Å². The maximum absolute atomic E-state index is 12.9. The molecule has 1 aliphatic rings. The second-order valence-electron chi connectivity index (χ2n) is 5.96. The fourth-order valence-corrected chi connectivity index (χ4v) is 2.58. The minimum Gasteiger partial charge on any atom is -0.371 e. The Morgan fingerprint density at radius 1 is 1.32 bits per heavy atom. The molecule has 0 bridgehead atoms. The van der Waals surface area contributed by atoms with E-state index < -0.39 is 0 Å². The van der Waals surface area contributed by atoms with Crippen molar-refractivity contribution < 1.29 is 4.39 Å². The second-order valence-corrected chi connectivity index (χ2v) is 5.96. The van der Waals surface area contributed by atoms with E-state index >= 15 is 0 Å². The number of halogens is 1. The molecular weight excluding hydrogens is 239 g/mol. The molecule has 1 unspecified atom stereocenters. The molecule has 1 heterocycles. The minimum atomic E-state index is -0.158. The van der Waals surface area contributed by atoms with Gasteiger partial charge in [-0.25, -0.2) is 4.39 Å². The average molecular weight is 264 g/mol. The summed E-state index contributed by atoms with van der Waals surface area (Å²) < 4.78 is 12.9. The summed E-state index contributed by atoms with van der Waals surface area (Å²) in [4.78, 5) is 2.36. The molecule has 1 aliphatic heterocycles. The molecule has 1 fully saturated rings. The molecule has 0 aromatic heterocycles. The fourth-order valence-electron chi connectivity index (χ4n) is 2.58. The zero-order valence-electron chi connectivity index (χ0n) is 12.0. The lowest BCUT2D eigenvalue weighted by atomic mass is 10.1. The van der Waals surface area contributed by atoms with Crippen molar-refractivity contribution in [2.24, 2.45) is 11.8 Å². The number of hydrogen-bond acceptors (Lipinski definition) is 2. The number of nitrogens with one attached hydrogen (secondary N) is 1. The lowest BCUT2D eigenvalue weighted by Crippen LogP contribution is -2.27. The van der Waals surface area contributed by atoms with E-state index in [0.717, 1.165) is 43.7 Å². The average Bonchev–Trinajstić information content (AvgIpc) is 2.84. The molecule has 2 nitrogen and oxygen atoms in total. The summed E-state index contributed by atoms with van der Waals surface area (Å²) in [7, 11) is 0. The predicted molar refractivity (Wildman–Crippen MR) is 79.0 cm³/mol. The highest BCUT2D eigenvalue weighted by Crippen LogP contribution is 2.23. The molecule has 3 heteroatoms. The van der Waals surface area contributed by atoms with E-state index in [1.54, 1.807) is 12.1 Å². The molecule has 1 aromatic rings. The zero-order chi connectivity index (χ0) is 13.7. The van der Waals surface area contributed by atoms with Gasteiger partial charge in [0.2, 0.25) is 0 Å². The Hall–Kier alpha value is -1.09. The maximum Gasteiger partial charge on any atom is 0.123 e. The monoisotopic (exact) mass is 264 g/mol. The molecule has 0 radical (unpaired) electrons. The Kier molecular flexibility index (Phi) is 5.20. The van der Waals surface area contributed by atoms with Gasteiger partial charge in [-0.1, -0.05) is 13.8 Å². The van der Waals surface area contributed by atoms with Crippen LogP contribution in [0.3, 0.4) is 0 Å². The van der Waals surface area contributed by atoms with Crippen molar-refractivity contribution in [3.63, 3.8) is 0 Å². The molecule has 1 saturated heterocycles. The third kappa shape index (κ3) is 4.50. The molecule has 1 atom stereocenters. The van der Waals surface area contributed by atoms with Gasteiger partial charge >= 0.3 is 0 Å². The zero-order valence-corrected chi connectivity index (χ0v) is 12.0.